The monoisotopic (exact) mass is 202 g/mol. The van der Waals surface area contributed by atoms with Gasteiger partial charge in [-0.3, -0.25) is 10.1 Å². The first-order chi connectivity index (χ1) is 7.25. The molecule has 0 bridgehead atoms. The third-order valence-electron chi connectivity index (χ3n) is 1.99. The highest BCUT2D eigenvalue weighted by Gasteiger charge is 2.03. The molecular weight excluding hydrogens is 188 g/mol. The zero-order valence-electron chi connectivity index (χ0n) is 8.86. The second-order valence-corrected chi connectivity index (χ2v) is 3.71. The van der Waals surface area contributed by atoms with Crippen LogP contribution in [0.1, 0.15) is 13.8 Å². The van der Waals surface area contributed by atoms with Crippen LogP contribution in [0.3, 0.4) is 0 Å². The lowest BCUT2D eigenvalue weighted by Gasteiger charge is -2.04. The quantitative estimate of drug-likeness (QED) is 0.802. The van der Waals surface area contributed by atoms with Gasteiger partial charge < -0.3 is 5.32 Å². The molecule has 0 radical (unpaired) electrons. The first kappa shape index (κ1) is 9.71. The lowest BCUT2D eigenvalue weighted by atomic mass is 10.2. The Morgan fingerprint density at radius 1 is 1.40 bits per heavy atom. The summed E-state index contributed by atoms with van der Waals surface area (Å²) in [5.41, 5.74) is 2.02. The molecule has 15 heavy (non-hydrogen) atoms. The Hall–Kier alpha value is -1.84. The van der Waals surface area contributed by atoms with Crippen LogP contribution in [0.25, 0.3) is 11.3 Å². The van der Waals surface area contributed by atoms with E-state index >= 15 is 0 Å². The summed E-state index contributed by atoms with van der Waals surface area (Å²) in [7, 11) is 0. The molecule has 0 spiro atoms. The molecule has 0 aliphatic heterocycles. The Kier molecular flexibility index (Phi) is 2.67. The van der Waals surface area contributed by atoms with Crippen molar-refractivity contribution in [1.82, 2.24) is 15.2 Å². The van der Waals surface area contributed by atoms with Crippen molar-refractivity contribution in [3.05, 3.63) is 30.6 Å². The van der Waals surface area contributed by atoms with Crippen molar-refractivity contribution in [2.45, 2.75) is 19.9 Å². The number of nitrogens with zero attached hydrogens (tertiary/aromatic N) is 2. The van der Waals surface area contributed by atoms with Gasteiger partial charge in [-0.05, 0) is 26.0 Å². The third-order valence-corrected chi connectivity index (χ3v) is 1.99. The van der Waals surface area contributed by atoms with E-state index in [0.717, 1.165) is 17.1 Å². The van der Waals surface area contributed by atoms with Crippen LogP contribution in [0.4, 0.5) is 5.82 Å². The summed E-state index contributed by atoms with van der Waals surface area (Å²) in [6.07, 6.45) is 3.57. The molecule has 0 aliphatic rings. The van der Waals surface area contributed by atoms with E-state index in [1.54, 1.807) is 6.20 Å². The SMILES string of the molecule is CC(C)Nc1cc(-c2cccnc2)[nH]n1. The molecule has 0 saturated heterocycles. The Bertz CT molecular complexity index is 419. The number of aromatic amines is 1. The van der Waals surface area contributed by atoms with Crippen molar-refractivity contribution in [1.29, 1.82) is 0 Å². The van der Waals surface area contributed by atoms with Gasteiger partial charge in [-0.25, -0.2) is 0 Å². The summed E-state index contributed by atoms with van der Waals surface area (Å²) in [6, 6.07) is 6.28. The van der Waals surface area contributed by atoms with Crippen LogP contribution in [0.2, 0.25) is 0 Å². The zero-order chi connectivity index (χ0) is 10.7. The van der Waals surface area contributed by atoms with Gasteiger partial charge >= 0.3 is 0 Å². The second-order valence-electron chi connectivity index (χ2n) is 3.71. The molecule has 2 aromatic rings. The van der Waals surface area contributed by atoms with E-state index in [4.69, 9.17) is 0 Å². The Labute approximate surface area is 88.8 Å². The summed E-state index contributed by atoms with van der Waals surface area (Å²) in [5, 5.41) is 10.4. The van der Waals surface area contributed by atoms with E-state index in [1.165, 1.54) is 0 Å². The standard InChI is InChI=1S/C11H14N4/c1-8(2)13-11-6-10(14-15-11)9-4-3-5-12-7-9/h3-8H,1-2H3,(H2,13,14,15). The molecule has 2 heterocycles. The molecule has 78 valence electrons. The van der Waals surface area contributed by atoms with Gasteiger partial charge in [-0.15, -0.1) is 0 Å². The molecule has 2 aromatic heterocycles. The zero-order valence-corrected chi connectivity index (χ0v) is 8.86. The largest absolute Gasteiger partial charge is 0.366 e. The number of H-pyrrole nitrogens is 1. The minimum atomic E-state index is 0.384. The molecule has 2 rings (SSSR count). The van der Waals surface area contributed by atoms with Crippen LogP contribution in [0.15, 0.2) is 30.6 Å². The Morgan fingerprint density at radius 3 is 2.93 bits per heavy atom. The number of nitrogens with one attached hydrogen (secondary N) is 2. The first-order valence-corrected chi connectivity index (χ1v) is 4.98. The molecule has 0 fully saturated rings. The summed E-state index contributed by atoms with van der Waals surface area (Å²) < 4.78 is 0. The third kappa shape index (κ3) is 2.34. The number of pyridine rings is 1. The van der Waals surface area contributed by atoms with Crippen LogP contribution in [-0.4, -0.2) is 21.2 Å². The van der Waals surface area contributed by atoms with Gasteiger partial charge in [0, 0.05) is 30.1 Å². The Balaban J connectivity index is 2.21. The maximum atomic E-state index is 4.17. The van der Waals surface area contributed by atoms with Gasteiger partial charge in [0.25, 0.3) is 0 Å². The minimum Gasteiger partial charge on any atom is -0.366 e. The fraction of sp³-hybridized carbons (Fsp3) is 0.273. The van der Waals surface area contributed by atoms with Crippen molar-refractivity contribution < 1.29 is 0 Å². The van der Waals surface area contributed by atoms with Gasteiger partial charge in [-0.1, -0.05) is 0 Å². The van der Waals surface area contributed by atoms with Gasteiger partial charge in [-0.2, -0.15) is 5.10 Å². The molecule has 0 unspecified atom stereocenters. The fourth-order valence-electron chi connectivity index (χ4n) is 1.36. The smallest absolute Gasteiger partial charge is 0.148 e. The van der Waals surface area contributed by atoms with Crippen molar-refractivity contribution in [2.24, 2.45) is 0 Å². The van der Waals surface area contributed by atoms with E-state index in [2.05, 4.69) is 34.3 Å². The molecule has 0 atom stereocenters. The predicted molar refractivity (Wildman–Crippen MR) is 60.6 cm³/mol. The van der Waals surface area contributed by atoms with E-state index in [-0.39, 0.29) is 0 Å². The highest BCUT2D eigenvalue weighted by Crippen LogP contribution is 2.18. The van der Waals surface area contributed by atoms with E-state index in [1.807, 2.05) is 24.4 Å². The second kappa shape index (κ2) is 4.13. The van der Waals surface area contributed by atoms with Gasteiger partial charge in [0.1, 0.15) is 5.82 Å². The predicted octanol–water partition coefficient (Wildman–Crippen LogP) is 2.29. The first-order valence-electron chi connectivity index (χ1n) is 4.98. The van der Waals surface area contributed by atoms with Crippen LogP contribution in [-0.2, 0) is 0 Å². The number of hydrogen-bond donors (Lipinski definition) is 2. The molecule has 0 amide bonds. The summed E-state index contributed by atoms with van der Waals surface area (Å²) >= 11 is 0. The number of anilines is 1. The van der Waals surface area contributed by atoms with E-state index < -0.39 is 0 Å². The highest BCUT2D eigenvalue weighted by atomic mass is 15.2. The van der Waals surface area contributed by atoms with Crippen molar-refractivity contribution in [3.8, 4) is 11.3 Å². The average Bonchev–Trinajstić information content (AvgIpc) is 2.67. The van der Waals surface area contributed by atoms with Crippen LogP contribution < -0.4 is 5.32 Å². The lowest BCUT2D eigenvalue weighted by Crippen LogP contribution is -2.09. The van der Waals surface area contributed by atoms with Crippen LogP contribution >= 0.6 is 0 Å². The fourth-order valence-corrected chi connectivity index (χ4v) is 1.36. The Morgan fingerprint density at radius 2 is 2.27 bits per heavy atom. The van der Waals surface area contributed by atoms with Crippen molar-refractivity contribution in [3.63, 3.8) is 0 Å². The van der Waals surface area contributed by atoms with Gasteiger partial charge in [0.05, 0.1) is 5.69 Å². The van der Waals surface area contributed by atoms with Crippen molar-refractivity contribution in [2.75, 3.05) is 5.32 Å². The molecular formula is C11H14N4. The molecule has 2 N–H and O–H groups in total. The summed E-state index contributed by atoms with van der Waals surface area (Å²) in [4.78, 5) is 4.06. The lowest BCUT2D eigenvalue weighted by molar-refractivity contribution is 0.884. The number of hydrogen-bond acceptors (Lipinski definition) is 3. The van der Waals surface area contributed by atoms with Gasteiger partial charge in [0.2, 0.25) is 0 Å². The minimum absolute atomic E-state index is 0.384. The molecule has 4 heteroatoms. The number of aromatic nitrogens is 3. The number of rotatable bonds is 3. The topological polar surface area (TPSA) is 53.6 Å². The summed E-state index contributed by atoms with van der Waals surface area (Å²) in [5.74, 6) is 0.865. The van der Waals surface area contributed by atoms with Crippen LogP contribution in [0, 0.1) is 0 Å². The van der Waals surface area contributed by atoms with Crippen molar-refractivity contribution >= 4 is 5.82 Å². The van der Waals surface area contributed by atoms with E-state index in [0.29, 0.717) is 6.04 Å². The molecule has 0 aliphatic carbocycles. The molecule has 0 saturated carbocycles. The summed E-state index contributed by atoms with van der Waals surface area (Å²) in [6.45, 7) is 4.16. The molecule has 4 nitrogen and oxygen atoms in total. The van der Waals surface area contributed by atoms with Gasteiger partial charge in [0.15, 0.2) is 0 Å². The normalized spacial score (nSPS) is 10.6. The highest BCUT2D eigenvalue weighted by molar-refractivity contribution is 5.61. The average molecular weight is 202 g/mol. The molecule has 0 aromatic carbocycles. The van der Waals surface area contributed by atoms with E-state index in [9.17, 15) is 0 Å². The maximum absolute atomic E-state index is 4.17. The maximum Gasteiger partial charge on any atom is 0.148 e. The van der Waals surface area contributed by atoms with Crippen LogP contribution in [0.5, 0.6) is 0 Å².